The quantitative estimate of drug-likeness (QED) is 0.913. The standard InChI is InChI=1S/C15H17NOS/c1-17-12-4-2-3-11(9-12)13-5-6-14(18-13)15(10-16)7-8-15/h2-6,9H,7-8,10,16H2,1H3. The van der Waals surface area contributed by atoms with Gasteiger partial charge in [-0.25, -0.2) is 0 Å². The van der Waals surface area contributed by atoms with Crippen LogP contribution >= 0.6 is 11.3 Å². The fourth-order valence-corrected chi connectivity index (χ4v) is 3.51. The van der Waals surface area contributed by atoms with Gasteiger partial charge in [0.1, 0.15) is 5.75 Å². The smallest absolute Gasteiger partial charge is 0.119 e. The van der Waals surface area contributed by atoms with Crippen LogP contribution in [0.1, 0.15) is 17.7 Å². The van der Waals surface area contributed by atoms with Gasteiger partial charge in [0.2, 0.25) is 0 Å². The lowest BCUT2D eigenvalue weighted by Gasteiger charge is -2.08. The molecule has 0 atom stereocenters. The molecule has 0 spiro atoms. The summed E-state index contributed by atoms with van der Waals surface area (Å²) in [6, 6.07) is 12.6. The van der Waals surface area contributed by atoms with Gasteiger partial charge in [-0.15, -0.1) is 11.3 Å². The van der Waals surface area contributed by atoms with E-state index in [-0.39, 0.29) is 0 Å². The molecule has 2 aromatic rings. The molecule has 1 saturated carbocycles. The Hall–Kier alpha value is -1.32. The number of hydrogen-bond acceptors (Lipinski definition) is 3. The molecule has 0 amide bonds. The van der Waals surface area contributed by atoms with Crippen molar-refractivity contribution in [3.05, 3.63) is 41.3 Å². The molecule has 1 aromatic carbocycles. The topological polar surface area (TPSA) is 35.2 Å². The molecule has 1 aliphatic rings. The third-order valence-corrected chi connectivity index (χ3v) is 5.11. The van der Waals surface area contributed by atoms with E-state index < -0.39 is 0 Å². The van der Waals surface area contributed by atoms with Gasteiger partial charge < -0.3 is 10.5 Å². The molecule has 0 bridgehead atoms. The third-order valence-electron chi connectivity index (χ3n) is 3.73. The van der Waals surface area contributed by atoms with Crippen LogP contribution in [0.2, 0.25) is 0 Å². The summed E-state index contributed by atoms with van der Waals surface area (Å²) < 4.78 is 5.27. The Bertz CT molecular complexity index is 557. The van der Waals surface area contributed by atoms with Crippen molar-refractivity contribution in [3.63, 3.8) is 0 Å². The van der Waals surface area contributed by atoms with Crippen LogP contribution in [0.5, 0.6) is 5.75 Å². The van der Waals surface area contributed by atoms with E-state index in [1.807, 2.05) is 23.5 Å². The lowest BCUT2D eigenvalue weighted by molar-refractivity contribution is 0.415. The van der Waals surface area contributed by atoms with Crippen molar-refractivity contribution in [3.8, 4) is 16.2 Å². The molecule has 0 aliphatic heterocycles. The van der Waals surface area contributed by atoms with Crippen molar-refractivity contribution >= 4 is 11.3 Å². The van der Waals surface area contributed by atoms with Gasteiger partial charge in [-0.1, -0.05) is 12.1 Å². The number of benzene rings is 1. The Morgan fingerprint density at radius 3 is 2.78 bits per heavy atom. The zero-order valence-corrected chi connectivity index (χ0v) is 11.3. The summed E-state index contributed by atoms with van der Waals surface area (Å²) in [6.45, 7) is 0.769. The molecule has 1 heterocycles. The van der Waals surface area contributed by atoms with E-state index in [2.05, 4.69) is 24.3 Å². The van der Waals surface area contributed by atoms with E-state index in [0.29, 0.717) is 5.41 Å². The van der Waals surface area contributed by atoms with Gasteiger partial charge in [-0.2, -0.15) is 0 Å². The Balaban J connectivity index is 1.93. The molecule has 3 heteroatoms. The third kappa shape index (κ3) is 1.93. The maximum absolute atomic E-state index is 5.88. The van der Waals surface area contributed by atoms with Gasteiger partial charge in [0, 0.05) is 21.7 Å². The SMILES string of the molecule is COc1cccc(-c2ccc(C3(CN)CC3)s2)c1. The molecule has 0 unspecified atom stereocenters. The normalized spacial score (nSPS) is 16.6. The minimum absolute atomic E-state index is 0.293. The van der Waals surface area contributed by atoms with Crippen molar-refractivity contribution < 1.29 is 4.74 Å². The summed E-state index contributed by atoms with van der Waals surface area (Å²) in [5.41, 5.74) is 7.40. The van der Waals surface area contributed by atoms with Crippen LogP contribution in [-0.4, -0.2) is 13.7 Å². The number of methoxy groups -OCH3 is 1. The number of nitrogens with two attached hydrogens (primary N) is 1. The second kappa shape index (κ2) is 4.41. The van der Waals surface area contributed by atoms with Gasteiger partial charge in [-0.05, 0) is 42.7 Å². The van der Waals surface area contributed by atoms with Gasteiger partial charge in [0.25, 0.3) is 0 Å². The average molecular weight is 259 g/mol. The highest BCUT2D eigenvalue weighted by atomic mass is 32.1. The molecule has 2 N–H and O–H groups in total. The van der Waals surface area contributed by atoms with Crippen molar-refractivity contribution in [1.82, 2.24) is 0 Å². The molecule has 3 rings (SSSR count). The molecule has 1 aromatic heterocycles. The maximum atomic E-state index is 5.88. The van der Waals surface area contributed by atoms with Crippen molar-refractivity contribution in [2.75, 3.05) is 13.7 Å². The molecule has 0 saturated heterocycles. The van der Waals surface area contributed by atoms with Crippen molar-refractivity contribution in [2.24, 2.45) is 5.73 Å². The number of ether oxygens (including phenoxy) is 1. The van der Waals surface area contributed by atoms with Crippen LogP contribution in [0, 0.1) is 0 Å². The number of thiophene rings is 1. The lowest BCUT2D eigenvalue weighted by atomic mass is 10.1. The Morgan fingerprint density at radius 1 is 1.28 bits per heavy atom. The van der Waals surface area contributed by atoms with E-state index in [0.717, 1.165) is 12.3 Å². The summed E-state index contributed by atoms with van der Waals surface area (Å²) in [4.78, 5) is 2.73. The van der Waals surface area contributed by atoms with Gasteiger partial charge in [0.05, 0.1) is 7.11 Å². The number of rotatable bonds is 4. The van der Waals surface area contributed by atoms with Gasteiger partial charge >= 0.3 is 0 Å². The largest absolute Gasteiger partial charge is 0.497 e. The van der Waals surface area contributed by atoms with Crippen molar-refractivity contribution in [2.45, 2.75) is 18.3 Å². The lowest BCUT2D eigenvalue weighted by Crippen LogP contribution is -2.18. The minimum atomic E-state index is 0.293. The van der Waals surface area contributed by atoms with E-state index in [4.69, 9.17) is 10.5 Å². The van der Waals surface area contributed by atoms with Crippen LogP contribution in [0.3, 0.4) is 0 Å². The maximum Gasteiger partial charge on any atom is 0.119 e. The first-order valence-electron chi connectivity index (χ1n) is 6.22. The Kier molecular flexibility index (Phi) is 2.88. The molecule has 94 valence electrons. The first-order valence-corrected chi connectivity index (χ1v) is 7.04. The first kappa shape index (κ1) is 11.8. The summed E-state index contributed by atoms with van der Waals surface area (Å²) >= 11 is 1.86. The highest BCUT2D eigenvalue weighted by molar-refractivity contribution is 7.15. The van der Waals surface area contributed by atoms with E-state index >= 15 is 0 Å². The second-order valence-corrected chi connectivity index (χ2v) is 5.96. The van der Waals surface area contributed by atoms with Crippen LogP contribution in [0.4, 0.5) is 0 Å². The van der Waals surface area contributed by atoms with Crippen LogP contribution in [0.25, 0.3) is 10.4 Å². The molecule has 1 aliphatic carbocycles. The molecule has 0 radical (unpaired) electrons. The highest BCUT2D eigenvalue weighted by Crippen LogP contribution is 2.50. The van der Waals surface area contributed by atoms with Crippen LogP contribution in [0.15, 0.2) is 36.4 Å². The predicted octanol–water partition coefficient (Wildman–Crippen LogP) is 3.41. The molecular formula is C15H17NOS. The van der Waals surface area contributed by atoms with Crippen molar-refractivity contribution in [1.29, 1.82) is 0 Å². The number of hydrogen-bond donors (Lipinski definition) is 1. The van der Waals surface area contributed by atoms with Gasteiger partial charge in [0.15, 0.2) is 0 Å². The zero-order chi connectivity index (χ0) is 12.6. The highest BCUT2D eigenvalue weighted by Gasteiger charge is 2.43. The van der Waals surface area contributed by atoms with Crippen LogP contribution < -0.4 is 10.5 Å². The predicted molar refractivity (Wildman–Crippen MR) is 76.3 cm³/mol. The summed E-state index contributed by atoms with van der Waals surface area (Å²) in [5.74, 6) is 0.905. The fourth-order valence-electron chi connectivity index (χ4n) is 2.26. The van der Waals surface area contributed by atoms with E-state index in [9.17, 15) is 0 Å². The van der Waals surface area contributed by atoms with Gasteiger partial charge in [-0.3, -0.25) is 0 Å². The average Bonchev–Trinajstić information content (AvgIpc) is 3.08. The summed E-state index contributed by atoms with van der Waals surface area (Å²) in [5, 5.41) is 0. The molecule has 1 fully saturated rings. The molecular weight excluding hydrogens is 242 g/mol. The summed E-state index contributed by atoms with van der Waals surface area (Å²) in [6.07, 6.45) is 2.48. The minimum Gasteiger partial charge on any atom is -0.497 e. The monoisotopic (exact) mass is 259 g/mol. The fraction of sp³-hybridized carbons (Fsp3) is 0.333. The summed E-state index contributed by atoms with van der Waals surface area (Å²) in [7, 11) is 1.70. The first-order chi connectivity index (χ1) is 8.77. The molecule has 2 nitrogen and oxygen atoms in total. The Labute approximate surface area is 111 Å². The second-order valence-electron chi connectivity index (χ2n) is 4.88. The molecule has 18 heavy (non-hydrogen) atoms. The van der Waals surface area contributed by atoms with Crippen LogP contribution in [-0.2, 0) is 5.41 Å². The van der Waals surface area contributed by atoms with E-state index in [1.165, 1.54) is 28.2 Å². The zero-order valence-electron chi connectivity index (χ0n) is 10.5. The van der Waals surface area contributed by atoms with E-state index in [1.54, 1.807) is 7.11 Å². The Morgan fingerprint density at radius 2 is 2.11 bits per heavy atom.